The number of benzene rings is 1. The average Bonchev–Trinajstić information content (AvgIpc) is 3.04. The number of aryl methyl sites for hydroxylation is 2. The fourth-order valence-corrected chi connectivity index (χ4v) is 2.35. The Balaban J connectivity index is 1.86. The molecule has 0 radical (unpaired) electrons. The third-order valence-electron chi connectivity index (χ3n) is 3.11. The van der Waals surface area contributed by atoms with Gasteiger partial charge in [0.25, 0.3) is 0 Å². The highest BCUT2D eigenvalue weighted by atomic mass is 32.1. The van der Waals surface area contributed by atoms with Crippen molar-refractivity contribution in [1.29, 1.82) is 0 Å². The van der Waals surface area contributed by atoms with Gasteiger partial charge >= 0.3 is 0 Å². The van der Waals surface area contributed by atoms with Gasteiger partial charge in [-0.05, 0) is 24.7 Å². The van der Waals surface area contributed by atoms with Gasteiger partial charge < -0.3 is 0 Å². The van der Waals surface area contributed by atoms with E-state index in [1.807, 2.05) is 58.9 Å². The number of aromatic amines is 1. The molecule has 1 aromatic carbocycles. The van der Waals surface area contributed by atoms with Crippen LogP contribution in [0.3, 0.4) is 0 Å². The number of nitrogens with one attached hydrogen (secondary N) is 1. The lowest BCUT2D eigenvalue weighted by atomic mass is 10.2. The standard InChI is InChI=1S/C14H15N5S/c1-11-9-15-18(10-11)7-8-19-13(16-17-14(19)20)12-5-3-2-4-6-12/h2-6,9-10H,7-8H2,1H3,(H,17,20). The highest BCUT2D eigenvalue weighted by Gasteiger charge is 2.08. The lowest BCUT2D eigenvalue weighted by Gasteiger charge is -2.07. The van der Waals surface area contributed by atoms with Crippen LogP contribution >= 0.6 is 12.2 Å². The van der Waals surface area contributed by atoms with E-state index in [1.54, 1.807) is 0 Å². The molecule has 0 saturated heterocycles. The molecule has 0 spiro atoms. The summed E-state index contributed by atoms with van der Waals surface area (Å²) in [4.78, 5) is 0. The second-order valence-corrected chi connectivity index (χ2v) is 5.04. The van der Waals surface area contributed by atoms with Crippen molar-refractivity contribution in [3.63, 3.8) is 0 Å². The predicted octanol–water partition coefficient (Wildman–Crippen LogP) is 2.81. The van der Waals surface area contributed by atoms with Gasteiger partial charge in [0.05, 0.1) is 12.7 Å². The van der Waals surface area contributed by atoms with E-state index in [0.29, 0.717) is 4.77 Å². The Bertz CT molecular complexity index is 753. The number of nitrogens with zero attached hydrogens (tertiary/aromatic N) is 4. The SMILES string of the molecule is Cc1cnn(CCn2c(-c3ccccc3)n[nH]c2=S)c1. The Morgan fingerprint density at radius 3 is 2.70 bits per heavy atom. The first kappa shape index (κ1) is 12.8. The van der Waals surface area contributed by atoms with Gasteiger partial charge in [0.1, 0.15) is 0 Å². The number of hydrogen-bond acceptors (Lipinski definition) is 3. The minimum atomic E-state index is 0.632. The number of rotatable bonds is 4. The molecular formula is C14H15N5S. The van der Waals surface area contributed by atoms with Crippen molar-refractivity contribution in [2.75, 3.05) is 0 Å². The minimum Gasteiger partial charge on any atom is -0.298 e. The first-order valence-electron chi connectivity index (χ1n) is 6.44. The summed E-state index contributed by atoms with van der Waals surface area (Å²) in [5.74, 6) is 0.861. The van der Waals surface area contributed by atoms with Crippen molar-refractivity contribution in [1.82, 2.24) is 24.5 Å². The Labute approximate surface area is 121 Å². The average molecular weight is 285 g/mol. The van der Waals surface area contributed by atoms with Crippen molar-refractivity contribution in [3.05, 3.63) is 53.1 Å². The number of hydrogen-bond donors (Lipinski definition) is 1. The molecule has 0 saturated carbocycles. The molecule has 0 aliphatic heterocycles. The smallest absolute Gasteiger partial charge is 0.195 e. The molecular weight excluding hydrogens is 270 g/mol. The number of H-pyrrole nitrogens is 1. The molecule has 0 fully saturated rings. The lowest BCUT2D eigenvalue weighted by molar-refractivity contribution is 0.532. The van der Waals surface area contributed by atoms with Crippen LogP contribution in [0.1, 0.15) is 5.56 Å². The Kier molecular flexibility index (Phi) is 3.47. The summed E-state index contributed by atoms with van der Waals surface area (Å²) in [5, 5.41) is 11.5. The molecule has 2 aromatic heterocycles. The first-order chi connectivity index (χ1) is 9.74. The molecule has 1 N–H and O–H groups in total. The van der Waals surface area contributed by atoms with Crippen LogP contribution in [0.4, 0.5) is 0 Å². The van der Waals surface area contributed by atoms with Gasteiger partial charge in [-0.2, -0.15) is 10.2 Å². The van der Waals surface area contributed by atoms with Gasteiger partial charge in [0.2, 0.25) is 0 Å². The Morgan fingerprint density at radius 2 is 2.00 bits per heavy atom. The van der Waals surface area contributed by atoms with E-state index >= 15 is 0 Å². The predicted molar refractivity (Wildman–Crippen MR) is 79.8 cm³/mol. The first-order valence-corrected chi connectivity index (χ1v) is 6.84. The molecule has 0 aliphatic carbocycles. The van der Waals surface area contributed by atoms with Crippen LogP contribution < -0.4 is 0 Å². The zero-order valence-corrected chi connectivity index (χ0v) is 12.0. The van der Waals surface area contributed by atoms with Crippen molar-refractivity contribution >= 4 is 12.2 Å². The number of aromatic nitrogens is 5. The van der Waals surface area contributed by atoms with Crippen molar-refractivity contribution < 1.29 is 0 Å². The van der Waals surface area contributed by atoms with E-state index in [4.69, 9.17) is 12.2 Å². The summed E-state index contributed by atoms with van der Waals surface area (Å²) in [7, 11) is 0. The molecule has 2 heterocycles. The van der Waals surface area contributed by atoms with Crippen LogP contribution in [0, 0.1) is 11.7 Å². The van der Waals surface area contributed by atoms with Crippen molar-refractivity contribution in [2.45, 2.75) is 20.0 Å². The van der Waals surface area contributed by atoms with Crippen LogP contribution in [-0.4, -0.2) is 24.5 Å². The fourth-order valence-electron chi connectivity index (χ4n) is 2.12. The van der Waals surface area contributed by atoms with Crippen LogP contribution in [0.25, 0.3) is 11.4 Å². The molecule has 0 unspecified atom stereocenters. The largest absolute Gasteiger partial charge is 0.298 e. The van der Waals surface area contributed by atoms with Crippen LogP contribution in [0.2, 0.25) is 0 Å². The van der Waals surface area contributed by atoms with Crippen molar-refractivity contribution in [2.24, 2.45) is 0 Å². The quantitative estimate of drug-likeness (QED) is 0.750. The molecule has 0 atom stereocenters. The minimum absolute atomic E-state index is 0.632. The molecule has 5 nitrogen and oxygen atoms in total. The lowest BCUT2D eigenvalue weighted by Crippen LogP contribution is -2.09. The topological polar surface area (TPSA) is 51.4 Å². The molecule has 102 valence electrons. The normalized spacial score (nSPS) is 10.8. The van der Waals surface area contributed by atoms with Gasteiger partial charge in [0, 0.05) is 18.3 Å². The zero-order valence-electron chi connectivity index (χ0n) is 11.2. The van der Waals surface area contributed by atoms with E-state index in [9.17, 15) is 0 Å². The maximum atomic E-state index is 5.31. The van der Waals surface area contributed by atoms with E-state index < -0.39 is 0 Å². The Hall–Kier alpha value is -2.21. The molecule has 0 bridgehead atoms. The molecule has 0 aliphatic rings. The molecule has 0 amide bonds. The second-order valence-electron chi connectivity index (χ2n) is 4.65. The highest BCUT2D eigenvalue weighted by molar-refractivity contribution is 7.71. The second kappa shape index (κ2) is 5.42. The summed E-state index contributed by atoms with van der Waals surface area (Å²) < 4.78 is 4.55. The summed E-state index contributed by atoms with van der Waals surface area (Å²) in [6, 6.07) is 10.0. The molecule has 3 rings (SSSR count). The third-order valence-corrected chi connectivity index (χ3v) is 3.42. The van der Waals surface area contributed by atoms with E-state index in [1.165, 1.54) is 0 Å². The zero-order chi connectivity index (χ0) is 13.9. The van der Waals surface area contributed by atoms with Crippen molar-refractivity contribution in [3.8, 4) is 11.4 Å². The summed E-state index contributed by atoms with van der Waals surface area (Å²) in [5.41, 5.74) is 2.21. The molecule has 6 heteroatoms. The highest BCUT2D eigenvalue weighted by Crippen LogP contribution is 2.16. The van der Waals surface area contributed by atoms with Gasteiger partial charge in [0.15, 0.2) is 10.6 Å². The third kappa shape index (κ3) is 2.55. The van der Waals surface area contributed by atoms with Crippen LogP contribution in [-0.2, 0) is 13.1 Å². The Morgan fingerprint density at radius 1 is 1.20 bits per heavy atom. The van der Waals surface area contributed by atoms with Gasteiger partial charge in [-0.3, -0.25) is 14.3 Å². The van der Waals surface area contributed by atoms with E-state index in [-0.39, 0.29) is 0 Å². The van der Waals surface area contributed by atoms with Crippen LogP contribution in [0.5, 0.6) is 0 Å². The van der Waals surface area contributed by atoms with Crippen LogP contribution in [0.15, 0.2) is 42.7 Å². The fraction of sp³-hybridized carbons (Fsp3) is 0.214. The molecule has 3 aromatic rings. The van der Waals surface area contributed by atoms with E-state index in [0.717, 1.165) is 30.0 Å². The van der Waals surface area contributed by atoms with Gasteiger partial charge in [-0.15, -0.1) is 0 Å². The maximum absolute atomic E-state index is 5.31. The molecule has 20 heavy (non-hydrogen) atoms. The van der Waals surface area contributed by atoms with Gasteiger partial charge in [-0.25, -0.2) is 0 Å². The summed E-state index contributed by atoms with van der Waals surface area (Å²) in [6.45, 7) is 3.53. The summed E-state index contributed by atoms with van der Waals surface area (Å²) in [6.07, 6.45) is 3.87. The van der Waals surface area contributed by atoms with Gasteiger partial charge in [-0.1, -0.05) is 30.3 Å². The summed E-state index contributed by atoms with van der Waals surface area (Å²) >= 11 is 5.31. The monoisotopic (exact) mass is 285 g/mol. The maximum Gasteiger partial charge on any atom is 0.195 e. The van der Waals surface area contributed by atoms with E-state index in [2.05, 4.69) is 15.3 Å².